The predicted octanol–water partition coefficient (Wildman–Crippen LogP) is 3.48. The smallest absolute Gasteiger partial charge is 0.227 e. The molecule has 28 heavy (non-hydrogen) atoms. The number of amides is 1. The molecule has 1 aliphatic heterocycles. The van der Waals surface area contributed by atoms with Gasteiger partial charge in [0.2, 0.25) is 5.91 Å². The summed E-state index contributed by atoms with van der Waals surface area (Å²) in [7, 11) is 1.67. The maximum absolute atomic E-state index is 13.7. The number of para-hydroxylation sites is 1. The molecule has 0 saturated carbocycles. The fourth-order valence-electron chi connectivity index (χ4n) is 3.22. The van der Waals surface area contributed by atoms with Crippen molar-refractivity contribution in [3.8, 4) is 0 Å². The minimum absolute atomic E-state index is 0. The number of fused-ring (bicyclic) bond motifs is 1. The molecule has 0 atom stereocenters. The summed E-state index contributed by atoms with van der Waals surface area (Å²) < 4.78 is 13.7. The van der Waals surface area contributed by atoms with Crippen LogP contribution in [0.2, 0.25) is 0 Å². The largest absolute Gasteiger partial charge is 0.356 e. The summed E-state index contributed by atoms with van der Waals surface area (Å²) >= 11 is 0. The SMILES string of the molecule is CN=C(NCCCC(=O)N1CCc2ccccc21)NCc1ccccc1F.I. The molecule has 1 aliphatic rings. The van der Waals surface area contributed by atoms with E-state index in [1.165, 1.54) is 11.6 Å². The van der Waals surface area contributed by atoms with E-state index >= 15 is 0 Å². The summed E-state index contributed by atoms with van der Waals surface area (Å²) in [6.07, 6.45) is 2.11. The average Bonchev–Trinajstić information content (AvgIpc) is 3.12. The molecule has 5 nitrogen and oxygen atoms in total. The number of hydrogen-bond acceptors (Lipinski definition) is 2. The van der Waals surface area contributed by atoms with Gasteiger partial charge in [-0.1, -0.05) is 36.4 Å². The van der Waals surface area contributed by atoms with Crippen molar-refractivity contribution in [3.63, 3.8) is 0 Å². The highest BCUT2D eigenvalue weighted by Gasteiger charge is 2.23. The van der Waals surface area contributed by atoms with Crippen LogP contribution >= 0.6 is 24.0 Å². The third-order valence-corrected chi connectivity index (χ3v) is 4.68. The second-order valence-corrected chi connectivity index (χ2v) is 6.47. The third-order valence-electron chi connectivity index (χ3n) is 4.68. The minimum Gasteiger partial charge on any atom is -0.356 e. The van der Waals surface area contributed by atoms with Crippen LogP contribution in [-0.4, -0.2) is 32.0 Å². The van der Waals surface area contributed by atoms with Crippen LogP contribution < -0.4 is 15.5 Å². The predicted molar refractivity (Wildman–Crippen MR) is 122 cm³/mol. The average molecular weight is 496 g/mol. The highest BCUT2D eigenvalue weighted by atomic mass is 127. The maximum atomic E-state index is 13.7. The molecule has 0 spiro atoms. The summed E-state index contributed by atoms with van der Waals surface area (Å²) in [6.45, 7) is 1.74. The molecular formula is C21H26FIN4O. The van der Waals surface area contributed by atoms with Crippen LogP contribution in [0.25, 0.3) is 0 Å². The molecule has 0 aromatic heterocycles. The van der Waals surface area contributed by atoms with Crippen molar-refractivity contribution < 1.29 is 9.18 Å². The number of nitrogens with zero attached hydrogens (tertiary/aromatic N) is 2. The van der Waals surface area contributed by atoms with Gasteiger partial charge in [-0.05, 0) is 30.5 Å². The summed E-state index contributed by atoms with van der Waals surface area (Å²) in [5, 5.41) is 6.26. The molecule has 2 aromatic rings. The molecule has 0 aliphatic carbocycles. The number of carbonyl (C=O) groups excluding carboxylic acids is 1. The number of anilines is 1. The lowest BCUT2D eigenvalue weighted by molar-refractivity contribution is -0.118. The van der Waals surface area contributed by atoms with E-state index in [4.69, 9.17) is 0 Å². The lowest BCUT2D eigenvalue weighted by atomic mass is 10.2. The Morgan fingerprint density at radius 2 is 1.89 bits per heavy atom. The van der Waals surface area contributed by atoms with Crippen molar-refractivity contribution in [1.29, 1.82) is 0 Å². The molecule has 150 valence electrons. The van der Waals surface area contributed by atoms with Gasteiger partial charge < -0.3 is 15.5 Å². The first-order chi connectivity index (χ1) is 13.2. The molecule has 2 N–H and O–H groups in total. The second kappa shape index (κ2) is 11.0. The van der Waals surface area contributed by atoms with E-state index < -0.39 is 0 Å². The Morgan fingerprint density at radius 3 is 2.68 bits per heavy atom. The van der Waals surface area contributed by atoms with Gasteiger partial charge in [0.25, 0.3) is 0 Å². The molecule has 2 aromatic carbocycles. The van der Waals surface area contributed by atoms with Crippen LogP contribution in [0.1, 0.15) is 24.0 Å². The first-order valence-corrected chi connectivity index (χ1v) is 9.25. The van der Waals surface area contributed by atoms with Crippen LogP contribution in [0.3, 0.4) is 0 Å². The molecule has 0 unspecified atom stereocenters. The highest BCUT2D eigenvalue weighted by molar-refractivity contribution is 14.0. The zero-order valence-electron chi connectivity index (χ0n) is 16.0. The van der Waals surface area contributed by atoms with Gasteiger partial charge in [0.15, 0.2) is 5.96 Å². The van der Waals surface area contributed by atoms with Gasteiger partial charge in [-0.25, -0.2) is 4.39 Å². The first-order valence-electron chi connectivity index (χ1n) is 9.25. The zero-order chi connectivity index (χ0) is 19.1. The van der Waals surface area contributed by atoms with E-state index in [1.54, 1.807) is 25.2 Å². The number of guanidine groups is 1. The molecule has 1 amide bonds. The number of rotatable bonds is 6. The number of benzene rings is 2. The molecule has 0 saturated heterocycles. The molecule has 0 radical (unpaired) electrons. The second-order valence-electron chi connectivity index (χ2n) is 6.47. The summed E-state index contributed by atoms with van der Waals surface area (Å²) in [4.78, 5) is 18.5. The quantitative estimate of drug-likeness (QED) is 0.279. The lowest BCUT2D eigenvalue weighted by Gasteiger charge is -2.17. The fourth-order valence-corrected chi connectivity index (χ4v) is 3.22. The molecule has 0 fully saturated rings. The minimum atomic E-state index is -0.239. The van der Waals surface area contributed by atoms with Crippen molar-refractivity contribution in [2.24, 2.45) is 4.99 Å². The Morgan fingerprint density at radius 1 is 1.14 bits per heavy atom. The molecule has 3 rings (SSSR count). The van der Waals surface area contributed by atoms with Gasteiger partial charge in [0, 0.05) is 44.4 Å². The van der Waals surface area contributed by atoms with Crippen LogP contribution in [0.15, 0.2) is 53.5 Å². The topological polar surface area (TPSA) is 56.7 Å². The van der Waals surface area contributed by atoms with Crippen LogP contribution in [0.4, 0.5) is 10.1 Å². The van der Waals surface area contributed by atoms with E-state index in [2.05, 4.69) is 21.7 Å². The van der Waals surface area contributed by atoms with Crippen molar-refractivity contribution in [1.82, 2.24) is 10.6 Å². The third kappa shape index (κ3) is 5.67. The molecule has 7 heteroatoms. The summed E-state index contributed by atoms with van der Waals surface area (Å²) in [5.74, 6) is 0.505. The van der Waals surface area contributed by atoms with Gasteiger partial charge in [-0.3, -0.25) is 9.79 Å². The van der Waals surface area contributed by atoms with E-state index in [-0.39, 0.29) is 35.7 Å². The highest BCUT2D eigenvalue weighted by Crippen LogP contribution is 2.27. The molecule has 0 bridgehead atoms. The monoisotopic (exact) mass is 496 g/mol. The maximum Gasteiger partial charge on any atom is 0.227 e. The van der Waals surface area contributed by atoms with Crippen molar-refractivity contribution in [2.75, 3.05) is 25.0 Å². The Bertz CT molecular complexity index is 828. The van der Waals surface area contributed by atoms with E-state index in [1.807, 2.05) is 23.1 Å². The standard InChI is InChI=1S/C21H25FN4O.HI/c1-23-21(25-15-17-8-2-4-9-18(17)22)24-13-6-11-20(27)26-14-12-16-7-3-5-10-19(16)26;/h2-5,7-10H,6,11-15H2,1H3,(H2,23,24,25);1H. The Balaban J connectivity index is 0.00000280. The Labute approximate surface area is 182 Å². The molecule has 1 heterocycles. The first kappa shape index (κ1) is 22.1. The van der Waals surface area contributed by atoms with Gasteiger partial charge in [-0.2, -0.15) is 0 Å². The number of carbonyl (C=O) groups is 1. The summed E-state index contributed by atoms with van der Waals surface area (Å²) in [6, 6.07) is 14.7. The zero-order valence-corrected chi connectivity index (χ0v) is 18.3. The number of hydrogen-bond donors (Lipinski definition) is 2. The van der Waals surface area contributed by atoms with Gasteiger partial charge >= 0.3 is 0 Å². The van der Waals surface area contributed by atoms with Crippen LogP contribution in [0.5, 0.6) is 0 Å². The number of nitrogens with one attached hydrogen (secondary N) is 2. The number of aliphatic imine (C=N–C) groups is 1. The van der Waals surface area contributed by atoms with Crippen molar-refractivity contribution >= 4 is 41.5 Å². The Kier molecular flexibility index (Phi) is 8.69. The fraction of sp³-hybridized carbons (Fsp3) is 0.333. The van der Waals surface area contributed by atoms with E-state index in [0.29, 0.717) is 37.5 Å². The normalized spacial score (nSPS) is 12.9. The molecular weight excluding hydrogens is 470 g/mol. The van der Waals surface area contributed by atoms with E-state index in [9.17, 15) is 9.18 Å². The van der Waals surface area contributed by atoms with Gasteiger partial charge in [-0.15, -0.1) is 24.0 Å². The van der Waals surface area contributed by atoms with Gasteiger partial charge in [0.1, 0.15) is 5.82 Å². The number of halogens is 2. The van der Waals surface area contributed by atoms with Crippen molar-refractivity contribution in [2.45, 2.75) is 25.8 Å². The van der Waals surface area contributed by atoms with Crippen molar-refractivity contribution in [3.05, 3.63) is 65.5 Å². The van der Waals surface area contributed by atoms with E-state index in [0.717, 1.165) is 18.7 Å². The Hall–Kier alpha value is -2.16. The van der Waals surface area contributed by atoms with Gasteiger partial charge in [0.05, 0.1) is 0 Å². The van der Waals surface area contributed by atoms with Crippen LogP contribution in [-0.2, 0) is 17.8 Å². The lowest BCUT2D eigenvalue weighted by Crippen LogP contribution is -2.38. The summed E-state index contributed by atoms with van der Waals surface area (Å²) in [5.41, 5.74) is 2.86. The van der Waals surface area contributed by atoms with Crippen LogP contribution in [0, 0.1) is 5.82 Å².